The van der Waals surface area contributed by atoms with Crippen molar-refractivity contribution in [3.63, 3.8) is 0 Å². The Hall–Kier alpha value is -1.31. The highest BCUT2D eigenvalue weighted by Gasteiger charge is 1.96. The van der Waals surface area contributed by atoms with Crippen molar-refractivity contribution in [3.8, 4) is 0 Å². The minimum Gasteiger partial charge on any atom is -0.399 e. The third kappa shape index (κ3) is 2.90. The Morgan fingerprint density at radius 3 is 2.31 bits per heavy atom. The third-order valence-corrected chi connectivity index (χ3v) is 1.91. The number of hydrogen-bond donors (Lipinski definition) is 0. The maximum atomic E-state index is 4.59. The molecule has 0 saturated heterocycles. The van der Waals surface area contributed by atoms with Crippen LogP contribution in [0, 0.1) is 0 Å². The largest absolute Gasteiger partial charge is 0.399 e. The zero-order valence-corrected chi connectivity index (χ0v) is 8.32. The molecule has 0 atom stereocenters. The first-order valence-electron chi connectivity index (χ1n) is 4.40. The first-order valence-corrected chi connectivity index (χ1v) is 4.40. The fourth-order valence-electron chi connectivity index (χ4n) is 1.08. The van der Waals surface area contributed by atoms with Gasteiger partial charge in [0.1, 0.15) is 7.11 Å². The van der Waals surface area contributed by atoms with Crippen LogP contribution in [0.5, 0.6) is 0 Å². The first-order chi connectivity index (χ1) is 6.24. The van der Waals surface area contributed by atoms with E-state index in [1.165, 1.54) is 5.56 Å². The van der Waals surface area contributed by atoms with E-state index in [1.54, 1.807) is 13.3 Å². The second-order valence-corrected chi connectivity index (χ2v) is 3.24. The van der Waals surface area contributed by atoms with Crippen molar-refractivity contribution in [1.29, 1.82) is 0 Å². The zero-order chi connectivity index (χ0) is 9.68. The molecule has 0 saturated carbocycles. The van der Waals surface area contributed by atoms with Gasteiger partial charge in [0.2, 0.25) is 0 Å². The van der Waals surface area contributed by atoms with Crippen molar-refractivity contribution in [2.24, 2.45) is 5.16 Å². The van der Waals surface area contributed by atoms with Crippen LogP contribution >= 0.6 is 0 Å². The molecule has 0 unspecified atom stereocenters. The maximum Gasteiger partial charge on any atom is 0.106 e. The van der Waals surface area contributed by atoms with Crippen LogP contribution in [-0.4, -0.2) is 13.3 Å². The minimum absolute atomic E-state index is 0.577. The molecule has 0 amide bonds. The van der Waals surface area contributed by atoms with Gasteiger partial charge >= 0.3 is 0 Å². The SMILES string of the molecule is CO/N=C/c1ccc(C(C)C)cc1. The lowest BCUT2D eigenvalue weighted by atomic mass is 10.0. The smallest absolute Gasteiger partial charge is 0.106 e. The summed E-state index contributed by atoms with van der Waals surface area (Å²) in [4.78, 5) is 4.59. The van der Waals surface area contributed by atoms with Gasteiger partial charge in [-0.1, -0.05) is 43.3 Å². The summed E-state index contributed by atoms with van der Waals surface area (Å²) in [5.74, 6) is 0.577. The van der Waals surface area contributed by atoms with Crippen molar-refractivity contribution >= 4 is 6.21 Å². The Labute approximate surface area is 79.2 Å². The molecule has 0 aliphatic rings. The second kappa shape index (κ2) is 4.65. The topological polar surface area (TPSA) is 21.6 Å². The van der Waals surface area contributed by atoms with Crippen LogP contribution in [0.2, 0.25) is 0 Å². The molecule has 2 heteroatoms. The molecular formula is C11H15NO. The Kier molecular flexibility index (Phi) is 3.50. The molecular weight excluding hydrogens is 162 g/mol. The standard InChI is InChI=1S/C11H15NO/c1-9(2)11-6-4-10(5-7-11)8-12-13-3/h4-9H,1-3H3/b12-8+. The van der Waals surface area contributed by atoms with E-state index >= 15 is 0 Å². The van der Waals surface area contributed by atoms with Crippen molar-refractivity contribution in [2.45, 2.75) is 19.8 Å². The Morgan fingerprint density at radius 2 is 1.85 bits per heavy atom. The molecule has 0 heterocycles. The van der Waals surface area contributed by atoms with Gasteiger partial charge in [-0.25, -0.2) is 0 Å². The van der Waals surface area contributed by atoms with Gasteiger partial charge in [-0.3, -0.25) is 0 Å². The van der Waals surface area contributed by atoms with E-state index in [2.05, 4.69) is 36.0 Å². The van der Waals surface area contributed by atoms with Crippen molar-refractivity contribution in [1.82, 2.24) is 0 Å². The minimum atomic E-state index is 0.577. The fraction of sp³-hybridized carbons (Fsp3) is 0.364. The molecule has 0 aliphatic carbocycles. The molecule has 0 N–H and O–H groups in total. The fourth-order valence-corrected chi connectivity index (χ4v) is 1.08. The average Bonchev–Trinajstić information content (AvgIpc) is 2.15. The highest BCUT2D eigenvalue weighted by Crippen LogP contribution is 2.13. The lowest BCUT2D eigenvalue weighted by Crippen LogP contribution is -1.88. The Morgan fingerprint density at radius 1 is 1.23 bits per heavy atom. The summed E-state index contributed by atoms with van der Waals surface area (Å²) in [5.41, 5.74) is 2.40. The summed E-state index contributed by atoms with van der Waals surface area (Å²) in [6.07, 6.45) is 1.70. The zero-order valence-electron chi connectivity index (χ0n) is 8.32. The lowest BCUT2D eigenvalue weighted by Gasteiger charge is -2.03. The molecule has 0 aliphatic heterocycles. The molecule has 70 valence electrons. The number of benzene rings is 1. The highest BCUT2D eigenvalue weighted by molar-refractivity contribution is 5.79. The van der Waals surface area contributed by atoms with Gasteiger partial charge in [-0.15, -0.1) is 0 Å². The Balaban J connectivity index is 2.75. The van der Waals surface area contributed by atoms with Crippen LogP contribution in [0.4, 0.5) is 0 Å². The summed E-state index contributed by atoms with van der Waals surface area (Å²) in [6.45, 7) is 4.36. The van der Waals surface area contributed by atoms with E-state index in [0.29, 0.717) is 5.92 Å². The van der Waals surface area contributed by atoms with Gasteiger partial charge in [-0.2, -0.15) is 0 Å². The van der Waals surface area contributed by atoms with E-state index in [0.717, 1.165) is 5.56 Å². The predicted molar refractivity (Wildman–Crippen MR) is 55.1 cm³/mol. The van der Waals surface area contributed by atoms with Crippen LogP contribution in [0.25, 0.3) is 0 Å². The predicted octanol–water partition coefficient (Wildman–Crippen LogP) is 2.79. The third-order valence-electron chi connectivity index (χ3n) is 1.91. The quantitative estimate of drug-likeness (QED) is 0.514. The number of rotatable bonds is 3. The van der Waals surface area contributed by atoms with E-state index in [1.807, 2.05) is 12.1 Å². The summed E-state index contributed by atoms with van der Waals surface area (Å²) in [5, 5.41) is 3.69. The normalized spacial score (nSPS) is 11.1. The van der Waals surface area contributed by atoms with Gasteiger partial charge < -0.3 is 4.84 Å². The molecule has 0 radical (unpaired) electrons. The van der Waals surface area contributed by atoms with Crippen molar-refractivity contribution in [2.75, 3.05) is 7.11 Å². The lowest BCUT2D eigenvalue weighted by molar-refractivity contribution is 0.215. The summed E-state index contributed by atoms with van der Waals surface area (Å²) in [6, 6.07) is 8.30. The van der Waals surface area contributed by atoms with Crippen LogP contribution in [-0.2, 0) is 4.84 Å². The van der Waals surface area contributed by atoms with E-state index in [4.69, 9.17) is 0 Å². The van der Waals surface area contributed by atoms with Gasteiger partial charge in [0.25, 0.3) is 0 Å². The molecule has 0 spiro atoms. The molecule has 1 rings (SSSR count). The second-order valence-electron chi connectivity index (χ2n) is 3.24. The van der Waals surface area contributed by atoms with Gasteiger partial charge in [0.05, 0.1) is 6.21 Å². The van der Waals surface area contributed by atoms with Crippen LogP contribution < -0.4 is 0 Å². The monoisotopic (exact) mass is 177 g/mol. The molecule has 13 heavy (non-hydrogen) atoms. The summed E-state index contributed by atoms with van der Waals surface area (Å²) in [7, 11) is 1.54. The molecule has 1 aromatic rings. The van der Waals surface area contributed by atoms with Gasteiger partial charge in [0, 0.05) is 0 Å². The van der Waals surface area contributed by atoms with Crippen LogP contribution in [0.3, 0.4) is 0 Å². The molecule has 0 bridgehead atoms. The molecule has 0 fully saturated rings. The number of nitrogens with zero attached hydrogens (tertiary/aromatic N) is 1. The number of oxime groups is 1. The Bertz CT molecular complexity index is 275. The molecule has 1 aromatic carbocycles. The van der Waals surface area contributed by atoms with Crippen molar-refractivity contribution in [3.05, 3.63) is 35.4 Å². The van der Waals surface area contributed by atoms with Crippen LogP contribution in [0.1, 0.15) is 30.9 Å². The van der Waals surface area contributed by atoms with E-state index in [-0.39, 0.29) is 0 Å². The van der Waals surface area contributed by atoms with E-state index in [9.17, 15) is 0 Å². The summed E-state index contributed by atoms with van der Waals surface area (Å²) >= 11 is 0. The first kappa shape index (κ1) is 9.78. The van der Waals surface area contributed by atoms with E-state index < -0.39 is 0 Å². The molecule has 2 nitrogen and oxygen atoms in total. The van der Waals surface area contributed by atoms with Gasteiger partial charge in [0.15, 0.2) is 0 Å². The van der Waals surface area contributed by atoms with Gasteiger partial charge in [-0.05, 0) is 17.0 Å². The maximum absolute atomic E-state index is 4.59. The molecule has 0 aromatic heterocycles. The van der Waals surface area contributed by atoms with Crippen LogP contribution in [0.15, 0.2) is 29.4 Å². The highest BCUT2D eigenvalue weighted by atomic mass is 16.6. The van der Waals surface area contributed by atoms with Crippen molar-refractivity contribution < 1.29 is 4.84 Å². The average molecular weight is 177 g/mol. The number of hydrogen-bond acceptors (Lipinski definition) is 2. The summed E-state index contributed by atoms with van der Waals surface area (Å²) < 4.78 is 0.